The first-order chi connectivity index (χ1) is 4.52. The maximum absolute atomic E-state index is 10.6. The summed E-state index contributed by atoms with van der Waals surface area (Å²) >= 11 is 0. The molecule has 0 radical (unpaired) electrons. The Hall–Kier alpha value is -0.900. The maximum atomic E-state index is 10.6. The normalized spacial score (nSPS) is 10.4. The molecule has 56 valence electrons. The van der Waals surface area contributed by atoms with Gasteiger partial charge in [0.05, 0.1) is 0 Å². The molecule has 0 unspecified atom stereocenters. The van der Waals surface area contributed by atoms with Gasteiger partial charge < -0.3 is 0 Å². The molecular weight excluding hydrogens is 152 g/mol. The number of sulfone groups is 1. The number of allylic oxidation sites excluding steroid dienone is 1. The van der Waals surface area contributed by atoms with Crippen molar-refractivity contribution in [3.8, 4) is 0 Å². The fourth-order valence-electron chi connectivity index (χ4n) is 0.316. The summed E-state index contributed by atoms with van der Waals surface area (Å²) in [6.07, 6.45) is 0.973. The van der Waals surface area contributed by atoms with Crippen LogP contribution in [0.25, 0.3) is 0 Å². The molecule has 0 aliphatic rings. The van der Waals surface area contributed by atoms with E-state index in [0.717, 1.165) is 11.5 Å². The minimum absolute atomic E-state index is 0.514. The molecule has 0 N–H and O–H groups in total. The second-order valence-electron chi connectivity index (χ2n) is 1.64. The van der Waals surface area contributed by atoms with Crippen molar-refractivity contribution in [2.75, 3.05) is 5.75 Å². The summed E-state index contributed by atoms with van der Waals surface area (Å²) in [5.41, 5.74) is 0. The van der Waals surface area contributed by atoms with E-state index in [4.69, 9.17) is 0 Å². The van der Waals surface area contributed by atoms with E-state index in [1.54, 1.807) is 0 Å². The van der Waals surface area contributed by atoms with Crippen LogP contribution in [0.4, 0.5) is 0 Å². The molecule has 0 aliphatic heterocycles. The van der Waals surface area contributed by atoms with Crippen LogP contribution >= 0.6 is 0 Å². The smallest absolute Gasteiger partial charge is 0.178 e. The van der Waals surface area contributed by atoms with Gasteiger partial charge in [-0.25, -0.2) is 8.42 Å². The molecule has 0 spiro atoms. The third-order valence-electron chi connectivity index (χ3n) is 0.825. The molecule has 0 aliphatic carbocycles. The Kier molecular flexibility index (Phi) is 3.02. The summed E-state index contributed by atoms with van der Waals surface area (Å²) in [7, 11) is -3.39. The molecule has 0 rings (SSSR count). The molecule has 0 bridgehead atoms. The maximum Gasteiger partial charge on any atom is 0.178 e. The van der Waals surface area contributed by atoms with Crippen molar-refractivity contribution in [2.24, 2.45) is 0 Å². The van der Waals surface area contributed by atoms with Crippen molar-refractivity contribution in [3.05, 3.63) is 24.6 Å². The zero-order valence-corrected chi connectivity index (χ0v) is 6.23. The van der Waals surface area contributed by atoms with Crippen LogP contribution in [0.5, 0.6) is 0 Å². The van der Waals surface area contributed by atoms with Gasteiger partial charge in [0, 0.05) is 5.41 Å². The van der Waals surface area contributed by atoms with E-state index in [9.17, 15) is 13.2 Å². The number of rotatable bonds is 4. The van der Waals surface area contributed by atoms with Crippen molar-refractivity contribution < 1.29 is 13.2 Å². The van der Waals surface area contributed by atoms with Crippen molar-refractivity contribution >= 4 is 15.6 Å². The van der Waals surface area contributed by atoms with Crippen LogP contribution in [0.1, 0.15) is 0 Å². The lowest BCUT2D eigenvalue weighted by molar-refractivity contribution is -0.112. The second kappa shape index (κ2) is 3.31. The van der Waals surface area contributed by atoms with Gasteiger partial charge in [-0.05, 0) is 6.08 Å². The van der Waals surface area contributed by atoms with Crippen LogP contribution in [-0.4, -0.2) is 20.0 Å². The highest BCUT2D eigenvalue weighted by atomic mass is 32.2. The second-order valence-corrected chi connectivity index (χ2v) is 3.59. The third-order valence-corrected chi connectivity index (χ3v) is 2.02. The quantitative estimate of drug-likeness (QED) is 0.556. The molecule has 4 heteroatoms. The van der Waals surface area contributed by atoms with Crippen LogP contribution in [-0.2, 0) is 14.6 Å². The Labute approximate surface area is 60.0 Å². The van der Waals surface area contributed by atoms with Crippen molar-refractivity contribution in [1.29, 1.82) is 0 Å². The summed E-state index contributed by atoms with van der Waals surface area (Å²) in [6.45, 7) is 6.18. The van der Waals surface area contributed by atoms with Gasteiger partial charge in [-0.1, -0.05) is 13.2 Å². The van der Waals surface area contributed by atoms with E-state index in [1.807, 2.05) is 0 Å². The van der Waals surface area contributed by atoms with Gasteiger partial charge in [-0.3, -0.25) is 4.79 Å². The molecule has 0 aromatic carbocycles. The molecule has 10 heavy (non-hydrogen) atoms. The molecule has 0 atom stereocenters. The zero-order valence-electron chi connectivity index (χ0n) is 5.41. The molecule has 0 saturated heterocycles. The molecule has 3 nitrogen and oxygen atoms in total. The van der Waals surface area contributed by atoms with Crippen molar-refractivity contribution in [2.45, 2.75) is 0 Å². The third kappa shape index (κ3) is 3.19. The summed E-state index contributed by atoms with van der Waals surface area (Å²) in [5, 5.41) is 0.758. The van der Waals surface area contributed by atoms with E-state index in [1.165, 1.54) is 0 Å². The van der Waals surface area contributed by atoms with E-state index >= 15 is 0 Å². The van der Waals surface area contributed by atoms with Gasteiger partial charge in [0.15, 0.2) is 15.6 Å². The average molecular weight is 160 g/mol. The highest BCUT2D eigenvalue weighted by molar-refractivity contribution is 7.94. The summed E-state index contributed by atoms with van der Waals surface area (Å²) in [5.74, 6) is -1.04. The first-order valence-corrected chi connectivity index (χ1v) is 4.24. The number of hydrogen-bond acceptors (Lipinski definition) is 3. The lowest BCUT2D eigenvalue weighted by Crippen LogP contribution is -2.10. The van der Waals surface area contributed by atoms with Gasteiger partial charge in [0.2, 0.25) is 0 Å². The topological polar surface area (TPSA) is 51.2 Å². The van der Waals surface area contributed by atoms with Crippen molar-refractivity contribution in [3.63, 3.8) is 0 Å². The standard InChI is InChI=1S/C6H8O3S/c1-3-6(7)5-10(8,9)4-2/h3-4H,1-2,5H2. The Balaban J connectivity index is 4.30. The van der Waals surface area contributed by atoms with E-state index < -0.39 is 21.4 Å². The predicted octanol–water partition coefficient (Wildman–Crippen LogP) is 0.300. The minimum atomic E-state index is -3.39. The Morgan fingerprint density at radius 2 is 1.90 bits per heavy atom. The van der Waals surface area contributed by atoms with Crippen LogP contribution in [0.2, 0.25) is 0 Å². The van der Waals surface area contributed by atoms with Gasteiger partial charge in [-0.15, -0.1) is 0 Å². The van der Waals surface area contributed by atoms with E-state index in [-0.39, 0.29) is 0 Å². The Morgan fingerprint density at radius 1 is 1.40 bits per heavy atom. The minimum Gasteiger partial charge on any atom is -0.294 e. The lowest BCUT2D eigenvalue weighted by atomic mass is 10.5. The predicted molar refractivity (Wildman–Crippen MR) is 39.2 cm³/mol. The summed E-state index contributed by atoms with van der Waals surface area (Å²) in [4.78, 5) is 10.4. The fraction of sp³-hybridized carbons (Fsp3) is 0.167. The molecule has 0 saturated carbocycles. The van der Waals surface area contributed by atoms with Gasteiger partial charge in [-0.2, -0.15) is 0 Å². The number of carbonyl (C=O) groups excluding carboxylic acids is 1. The van der Waals surface area contributed by atoms with Crippen LogP contribution < -0.4 is 0 Å². The molecule has 0 fully saturated rings. The molecule has 0 amide bonds. The lowest BCUT2D eigenvalue weighted by Gasteiger charge is -1.90. The van der Waals surface area contributed by atoms with E-state index in [0.29, 0.717) is 0 Å². The van der Waals surface area contributed by atoms with Crippen LogP contribution in [0.15, 0.2) is 24.6 Å². The van der Waals surface area contributed by atoms with Crippen molar-refractivity contribution in [1.82, 2.24) is 0 Å². The largest absolute Gasteiger partial charge is 0.294 e. The molecule has 0 aromatic rings. The SMILES string of the molecule is C=CC(=O)CS(=O)(=O)C=C. The van der Waals surface area contributed by atoms with Gasteiger partial charge in [0.1, 0.15) is 5.75 Å². The fourth-order valence-corrected chi connectivity index (χ4v) is 0.948. The highest BCUT2D eigenvalue weighted by Crippen LogP contribution is 1.90. The van der Waals surface area contributed by atoms with Crippen LogP contribution in [0, 0.1) is 0 Å². The molecule has 0 aromatic heterocycles. The van der Waals surface area contributed by atoms with Gasteiger partial charge >= 0.3 is 0 Å². The Morgan fingerprint density at radius 3 is 2.20 bits per heavy atom. The number of ketones is 1. The Bertz CT molecular complexity index is 248. The average Bonchev–Trinajstić information content (AvgIpc) is 1.87. The van der Waals surface area contributed by atoms with Crippen LogP contribution in [0.3, 0.4) is 0 Å². The highest BCUT2D eigenvalue weighted by Gasteiger charge is 2.08. The number of carbonyl (C=O) groups is 1. The zero-order chi connectivity index (χ0) is 8.20. The van der Waals surface area contributed by atoms with Gasteiger partial charge in [0.25, 0.3) is 0 Å². The molecular formula is C6H8O3S. The summed E-state index contributed by atoms with van der Waals surface area (Å²) in [6, 6.07) is 0. The number of hydrogen-bond donors (Lipinski definition) is 0. The summed E-state index contributed by atoms with van der Waals surface area (Å²) < 4.78 is 21.2. The first kappa shape index (κ1) is 9.10. The van der Waals surface area contributed by atoms with E-state index in [2.05, 4.69) is 13.2 Å². The monoisotopic (exact) mass is 160 g/mol. The first-order valence-electron chi connectivity index (χ1n) is 2.52. The molecule has 0 heterocycles.